The van der Waals surface area contributed by atoms with E-state index in [2.05, 4.69) is 15.1 Å². The molecule has 3 aliphatic heterocycles. The maximum Gasteiger partial charge on any atom is 0.193 e. The second-order valence-corrected chi connectivity index (χ2v) is 9.34. The summed E-state index contributed by atoms with van der Waals surface area (Å²) in [6.07, 6.45) is 12.7. The molecule has 0 aromatic carbocycles. The molecule has 0 radical (unpaired) electrons. The molecule has 0 bridgehead atoms. The van der Waals surface area contributed by atoms with Crippen LogP contribution < -0.4 is 5.32 Å². The maximum atomic E-state index is 6.16. The predicted molar refractivity (Wildman–Crippen MR) is 120 cm³/mol. The first-order valence-electron chi connectivity index (χ1n) is 11.2. The zero-order valence-electron chi connectivity index (χ0n) is 16.9. The van der Waals surface area contributed by atoms with E-state index in [1.165, 1.54) is 70.9 Å². The topological polar surface area (TPSA) is 40.1 Å². The molecular formula is C21H37IN4O. The van der Waals surface area contributed by atoms with Crippen molar-refractivity contribution in [1.29, 1.82) is 0 Å². The zero-order chi connectivity index (χ0) is 17.6. The van der Waals surface area contributed by atoms with Gasteiger partial charge in [0.15, 0.2) is 5.96 Å². The molecule has 0 aromatic rings. The van der Waals surface area contributed by atoms with Gasteiger partial charge in [0.25, 0.3) is 0 Å². The molecule has 5 aliphatic rings. The van der Waals surface area contributed by atoms with Crippen LogP contribution in [0.1, 0.15) is 57.8 Å². The fourth-order valence-corrected chi connectivity index (χ4v) is 6.86. The number of fused-ring (bicyclic) bond motifs is 2. The van der Waals surface area contributed by atoms with E-state index in [-0.39, 0.29) is 24.0 Å². The summed E-state index contributed by atoms with van der Waals surface area (Å²) in [5, 5.41) is 3.95. The van der Waals surface area contributed by atoms with Crippen molar-refractivity contribution in [3.05, 3.63) is 0 Å². The third-order valence-electron chi connectivity index (χ3n) is 8.15. The highest BCUT2D eigenvalue weighted by Crippen LogP contribution is 2.60. The highest BCUT2D eigenvalue weighted by molar-refractivity contribution is 14.0. The van der Waals surface area contributed by atoms with Gasteiger partial charge in [0.1, 0.15) is 0 Å². The molecule has 5 rings (SSSR count). The van der Waals surface area contributed by atoms with Crippen molar-refractivity contribution >= 4 is 29.9 Å². The minimum Gasteiger partial charge on any atom is -0.377 e. The lowest BCUT2D eigenvalue weighted by atomic mass is 9.54. The van der Waals surface area contributed by atoms with Crippen molar-refractivity contribution in [3.8, 4) is 0 Å². The second kappa shape index (κ2) is 8.34. The molecule has 4 unspecified atom stereocenters. The van der Waals surface area contributed by atoms with E-state index in [4.69, 9.17) is 9.73 Å². The van der Waals surface area contributed by atoms with Gasteiger partial charge in [-0.15, -0.1) is 24.0 Å². The Morgan fingerprint density at radius 2 is 1.81 bits per heavy atom. The second-order valence-electron chi connectivity index (χ2n) is 9.34. The van der Waals surface area contributed by atoms with Gasteiger partial charge in [-0.1, -0.05) is 19.3 Å². The van der Waals surface area contributed by atoms with Gasteiger partial charge in [0.2, 0.25) is 0 Å². The van der Waals surface area contributed by atoms with Crippen LogP contribution in [0, 0.1) is 11.3 Å². The predicted octanol–water partition coefficient (Wildman–Crippen LogP) is 3.09. The van der Waals surface area contributed by atoms with Crippen molar-refractivity contribution in [2.75, 3.05) is 39.8 Å². The lowest BCUT2D eigenvalue weighted by Crippen LogP contribution is -2.69. The number of hydrogen-bond acceptors (Lipinski definition) is 3. The van der Waals surface area contributed by atoms with Gasteiger partial charge in [0.05, 0.1) is 6.10 Å². The van der Waals surface area contributed by atoms with Gasteiger partial charge in [-0.25, -0.2) is 0 Å². The first kappa shape index (κ1) is 20.2. The van der Waals surface area contributed by atoms with Crippen LogP contribution in [0.25, 0.3) is 0 Å². The molecule has 2 saturated carbocycles. The third kappa shape index (κ3) is 3.41. The Morgan fingerprint density at radius 3 is 2.56 bits per heavy atom. The van der Waals surface area contributed by atoms with E-state index in [1.54, 1.807) is 0 Å². The Hall–Kier alpha value is -0.0800. The minimum atomic E-state index is 0. The number of rotatable bonds is 2. The Kier molecular flexibility index (Phi) is 6.24. The van der Waals surface area contributed by atoms with E-state index in [1.807, 2.05) is 7.05 Å². The molecule has 0 amide bonds. The number of guanidine groups is 1. The molecule has 5 fully saturated rings. The normalized spacial score (nSPS) is 38.6. The molecular weight excluding hydrogens is 451 g/mol. The molecule has 1 spiro atoms. The summed E-state index contributed by atoms with van der Waals surface area (Å²) in [5.41, 5.74) is 0.406. The number of nitrogens with one attached hydrogen (secondary N) is 1. The van der Waals surface area contributed by atoms with E-state index >= 15 is 0 Å². The first-order valence-corrected chi connectivity index (χ1v) is 11.2. The van der Waals surface area contributed by atoms with E-state index in [9.17, 15) is 0 Å². The molecule has 4 atom stereocenters. The average Bonchev–Trinajstić information content (AvgIpc) is 3.43. The van der Waals surface area contributed by atoms with Crippen LogP contribution in [0.4, 0.5) is 0 Å². The van der Waals surface area contributed by atoms with E-state index in [0.29, 0.717) is 23.5 Å². The summed E-state index contributed by atoms with van der Waals surface area (Å²) in [4.78, 5) is 9.98. The summed E-state index contributed by atoms with van der Waals surface area (Å²) < 4.78 is 6.16. The first-order chi connectivity index (χ1) is 12.8. The molecule has 154 valence electrons. The molecule has 5 nitrogen and oxygen atoms in total. The lowest BCUT2D eigenvalue weighted by molar-refractivity contribution is -0.125. The number of likely N-dealkylation sites (tertiary alicyclic amines) is 2. The summed E-state index contributed by atoms with van der Waals surface area (Å²) in [6.45, 7) is 5.89. The number of ether oxygens (including phenoxy) is 1. The smallest absolute Gasteiger partial charge is 0.193 e. The van der Waals surface area contributed by atoms with Crippen molar-refractivity contribution in [3.63, 3.8) is 0 Å². The zero-order valence-corrected chi connectivity index (χ0v) is 19.2. The van der Waals surface area contributed by atoms with Crippen molar-refractivity contribution in [1.82, 2.24) is 15.1 Å². The largest absolute Gasteiger partial charge is 0.377 e. The fourth-order valence-electron chi connectivity index (χ4n) is 6.86. The summed E-state index contributed by atoms with van der Waals surface area (Å²) in [5.74, 6) is 1.87. The average molecular weight is 488 g/mol. The van der Waals surface area contributed by atoms with Crippen LogP contribution in [-0.4, -0.2) is 73.8 Å². The van der Waals surface area contributed by atoms with Gasteiger partial charge in [0, 0.05) is 50.2 Å². The Labute approximate surface area is 181 Å². The van der Waals surface area contributed by atoms with Gasteiger partial charge >= 0.3 is 0 Å². The van der Waals surface area contributed by atoms with Gasteiger partial charge in [-0.05, 0) is 51.6 Å². The third-order valence-corrected chi connectivity index (χ3v) is 8.15. The van der Waals surface area contributed by atoms with E-state index < -0.39 is 0 Å². The van der Waals surface area contributed by atoms with E-state index in [0.717, 1.165) is 31.7 Å². The standard InChI is InChI=1S/C21H36N4O.HI/c1-22-20(25-13-7-16(15-25)24-11-5-2-6-12-24)23-18-17-8-14-26-19(17)21(18)9-3-4-10-21;/h16-19H,2-15H2,1H3,(H,22,23);1H. The molecule has 0 aromatic heterocycles. The highest BCUT2D eigenvalue weighted by atomic mass is 127. The Bertz CT molecular complexity index is 544. The van der Waals surface area contributed by atoms with Gasteiger partial charge in [-0.2, -0.15) is 0 Å². The van der Waals surface area contributed by atoms with Crippen molar-refractivity contribution in [2.24, 2.45) is 16.3 Å². The van der Waals surface area contributed by atoms with Crippen LogP contribution in [0.15, 0.2) is 4.99 Å². The molecule has 3 heterocycles. The lowest BCUT2D eigenvalue weighted by Gasteiger charge is -2.57. The van der Waals surface area contributed by atoms with Gasteiger partial charge in [-0.3, -0.25) is 9.89 Å². The minimum absolute atomic E-state index is 0. The van der Waals surface area contributed by atoms with Crippen molar-refractivity contribution < 1.29 is 4.74 Å². The number of aliphatic imine (C=N–C) groups is 1. The highest BCUT2D eigenvalue weighted by Gasteiger charge is 2.65. The van der Waals surface area contributed by atoms with Crippen LogP contribution in [0.2, 0.25) is 0 Å². The monoisotopic (exact) mass is 488 g/mol. The Morgan fingerprint density at radius 1 is 1.04 bits per heavy atom. The number of nitrogens with zero attached hydrogens (tertiary/aromatic N) is 3. The van der Waals surface area contributed by atoms with Gasteiger partial charge < -0.3 is 15.0 Å². The van der Waals surface area contributed by atoms with Crippen molar-refractivity contribution in [2.45, 2.75) is 76.0 Å². The number of piperidine rings is 1. The fraction of sp³-hybridized carbons (Fsp3) is 0.952. The number of hydrogen-bond donors (Lipinski definition) is 1. The molecule has 3 saturated heterocycles. The molecule has 1 N–H and O–H groups in total. The van der Waals surface area contributed by atoms with Crippen LogP contribution in [0.5, 0.6) is 0 Å². The van der Waals surface area contributed by atoms with Crippen LogP contribution in [-0.2, 0) is 4.74 Å². The SMILES string of the molecule is CN=C(NC1C2CCOC2C12CCCC2)N1CCC(N2CCCCC2)C1.I. The molecule has 2 aliphatic carbocycles. The van der Waals surface area contributed by atoms with Crippen LogP contribution in [0.3, 0.4) is 0 Å². The summed E-state index contributed by atoms with van der Waals surface area (Å²) >= 11 is 0. The Balaban J connectivity index is 0.00000180. The molecule has 27 heavy (non-hydrogen) atoms. The summed E-state index contributed by atoms with van der Waals surface area (Å²) in [6, 6.07) is 1.32. The molecule has 6 heteroatoms. The quantitative estimate of drug-likeness (QED) is 0.369. The maximum absolute atomic E-state index is 6.16. The van der Waals surface area contributed by atoms with Crippen LogP contribution >= 0.6 is 24.0 Å². The number of halogens is 1. The summed E-state index contributed by atoms with van der Waals surface area (Å²) in [7, 11) is 1.97.